The van der Waals surface area contributed by atoms with Crippen LogP contribution >= 0.6 is 38.5 Å². The fourth-order valence-electron chi connectivity index (χ4n) is 2.14. The van der Waals surface area contributed by atoms with Crippen molar-refractivity contribution in [2.45, 2.75) is 13.3 Å². The summed E-state index contributed by atoms with van der Waals surface area (Å²) in [6, 6.07) is 5.55. The lowest BCUT2D eigenvalue weighted by Gasteiger charge is -2.20. The lowest BCUT2D eigenvalue weighted by atomic mass is 9.90. The normalized spacial score (nSPS) is 22.6. The fourth-order valence-corrected chi connectivity index (χ4v) is 3.05. The van der Waals surface area contributed by atoms with Gasteiger partial charge in [0, 0.05) is 21.1 Å². The molecule has 0 bridgehead atoms. The maximum absolute atomic E-state index is 12.4. The van der Waals surface area contributed by atoms with Gasteiger partial charge in [-0.15, -0.1) is 0 Å². The van der Waals surface area contributed by atoms with E-state index in [-0.39, 0.29) is 12.5 Å². The summed E-state index contributed by atoms with van der Waals surface area (Å²) in [5.74, 6) is -0.958. The van der Waals surface area contributed by atoms with Gasteiger partial charge in [-0.2, -0.15) is 0 Å². The molecule has 1 amide bonds. The van der Waals surface area contributed by atoms with Crippen LogP contribution in [0.3, 0.4) is 0 Å². The summed E-state index contributed by atoms with van der Waals surface area (Å²) in [6.07, 6.45) is 0.496. The first-order valence-corrected chi connectivity index (χ1v) is 7.68. The summed E-state index contributed by atoms with van der Waals surface area (Å²) in [6.45, 7) is 2.44. The van der Waals surface area contributed by atoms with E-state index in [1.807, 2.05) is 18.2 Å². The molecule has 0 saturated carbocycles. The van der Waals surface area contributed by atoms with Gasteiger partial charge in [0.15, 0.2) is 0 Å². The second-order valence-electron chi connectivity index (χ2n) is 4.97. The first kappa shape index (κ1) is 14.8. The lowest BCUT2D eigenvalue weighted by Crippen LogP contribution is -2.35. The Bertz CT molecular complexity index is 549. The van der Waals surface area contributed by atoms with Gasteiger partial charge in [0.2, 0.25) is 0 Å². The van der Waals surface area contributed by atoms with Crippen molar-refractivity contribution in [3.8, 4) is 0 Å². The van der Waals surface area contributed by atoms with Crippen LogP contribution < -0.4 is 0 Å². The minimum absolute atomic E-state index is 0.115. The number of halogens is 2. The summed E-state index contributed by atoms with van der Waals surface area (Å²) in [5, 5.41) is 9.19. The molecule has 0 radical (unpaired) electrons. The van der Waals surface area contributed by atoms with Crippen LogP contribution in [-0.2, 0) is 4.79 Å². The number of rotatable bonds is 2. The monoisotopic (exact) mass is 437 g/mol. The van der Waals surface area contributed by atoms with Crippen molar-refractivity contribution in [2.75, 3.05) is 13.1 Å². The van der Waals surface area contributed by atoms with Crippen LogP contribution in [0, 0.1) is 8.99 Å². The molecule has 102 valence electrons. The number of hydrogen-bond acceptors (Lipinski definition) is 2. The van der Waals surface area contributed by atoms with Crippen LogP contribution in [0.4, 0.5) is 0 Å². The Morgan fingerprint density at radius 3 is 2.74 bits per heavy atom. The molecule has 1 heterocycles. The highest BCUT2D eigenvalue weighted by molar-refractivity contribution is 14.1. The zero-order valence-corrected chi connectivity index (χ0v) is 14.1. The van der Waals surface area contributed by atoms with E-state index in [2.05, 4.69) is 38.5 Å². The third kappa shape index (κ3) is 2.94. The number of nitrogens with zero attached hydrogens (tertiary/aromatic N) is 1. The molecule has 1 atom stereocenters. The summed E-state index contributed by atoms with van der Waals surface area (Å²) in [5.41, 5.74) is -0.245. The molecule has 1 aliphatic heterocycles. The van der Waals surface area contributed by atoms with Crippen LogP contribution in [-0.4, -0.2) is 35.0 Å². The Kier molecular flexibility index (Phi) is 4.20. The van der Waals surface area contributed by atoms with Crippen molar-refractivity contribution >= 4 is 50.4 Å². The molecule has 1 aliphatic rings. The predicted molar refractivity (Wildman–Crippen MR) is 83.1 cm³/mol. The second kappa shape index (κ2) is 5.40. The van der Waals surface area contributed by atoms with Gasteiger partial charge in [-0.1, -0.05) is 0 Å². The van der Waals surface area contributed by atoms with Crippen molar-refractivity contribution in [2.24, 2.45) is 5.41 Å². The van der Waals surface area contributed by atoms with E-state index >= 15 is 0 Å². The van der Waals surface area contributed by atoms with E-state index in [1.165, 1.54) is 0 Å². The number of carbonyl (C=O) groups excluding carboxylic acids is 1. The average molecular weight is 438 g/mol. The Labute approximate surface area is 133 Å². The molecule has 19 heavy (non-hydrogen) atoms. The van der Waals surface area contributed by atoms with Crippen LogP contribution in [0.15, 0.2) is 22.7 Å². The molecule has 0 aliphatic carbocycles. The fraction of sp³-hybridized carbons (Fsp3) is 0.385. The number of benzene rings is 1. The Morgan fingerprint density at radius 1 is 1.47 bits per heavy atom. The average Bonchev–Trinajstić information content (AvgIpc) is 2.76. The zero-order chi connectivity index (χ0) is 14.2. The van der Waals surface area contributed by atoms with Gasteiger partial charge in [-0.05, 0) is 70.1 Å². The molecule has 1 N–H and O–H groups in total. The molecule has 1 aromatic carbocycles. The predicted octanol–water partition coefficient (Wildman–Crippen LogP) is 2.99. The van der Waals surface area contributed by atoms with E-state index < -0.39 is 11.4 Å². The molecule has 2 rings (SSSR count). The summed E-state index contributed by atoms with van der Waals surface area (Å²) >= 11 is 5.52. The van der Waals surface area contributed by atoms with E-state index in [9.17, 15) is 14.7 Å². The van der Waals surface area contributed by atoms with Gasteiger partial charge in [0.05, 0.1) is 11.0 Å². The minimum Gasteiger partial charge on any atom is -0.481 e. The molecular formula is C13H13BrINO3. The van der Waals surface area contributed by atoms with Crippen LogP contribution in [0.5, 0.6) is 0 Å². The zero-order valence-electron chi connectivity index (χ0n) is 10.3. The molecular weight excluding hydrogens is 425 g/mol. The van der Waals surface area contributed by atoms with E-state index in [4.69, 9.17) is 0 Å². The van der Waals surface area contributed by atoms with Crippen molar-refractivity contribution in [1.82, 2.24) is 4.90 Å². The number of carbonyl (C=O) groups is 2. The van der Waals surface area contributed by atoms with Gasteiger partial charge in [0.25, 0.3) is 5.91 Å². The molecule has 1 saturated heterocycles. The largest absolute Gasteiger partial charge is 0.481 e. The smallest absolute Gasteiger partial charge is 0.311 e. The highest BCUT2D eigenvalue weighted by Crippen LogP contribution is 2.32. The van der Waals surface area contributed by atoms with E-state index in [1.54, 1.807) is 11.8 Å². The quantitative estimate of drug-likeness (QED) is 0.723. The van der Waals surface area contributed by atoms with Crippen molar-refractivity contribution in [3.63, 3.8) is 0 Å². The number of hydrogen-bond donors (Lipinski definition) is 1. The molecule has 4 nitrogen and oxygen atoms in total. The number of carboxylic acids is 1. The van der Waals surface area contributed by atoms with Gasteiger partial charge in [-0.3, -0.25) is 9.59 Å². The number of aliphatic carboxylic acids is 1. The van der Waals surface area contributed by atoms with Crippen LogP contribution in [0.25, 0.3) is 0 Å². The Hall–Kier alpha value is -0.630. The van der Waals surface area contributed by atoms with E-state index in [0.29, 0.717) is 18.5 Å². The molecule has 0 aromatic heterocycles. The summed E-state index contributed by atoms with van der Waals surface area (Å²) in [4.78, 5) is 25.2. The first-order chi connectivity index (χ1) is 8.83. The summed E-state index contributed by atoms with van der Waals surface area (Å²) in [7, 11) is 0. The van der Waals surface area contributed by atoms with Crippen molar-refractivity contribution in [1.29, 1.82) is 0 Å². The Morgan fingerprint density at radius 2 is 2.16 bits per heavy atom. The molecule has 1 unspecified atom stereocenters. The molecule has 1 fully saturated rings. The maximum Gasteiger partial charge on any atom is 0.311 e. The highest BCUT2D eigenvalue weighted by atomic mass is 127. The SMILES string of the molecule is CC1(C(=O)O)CCN(C(=O)c2cc(I)ccc2Br)C1. The number of carboxylic acid groups (broad SMARTS) is 1. The summed E-state index contributed by atoms with van der Waals surface area (Å²) < 4.78 is 1.71. The Balaban J connectivity index is 2.22. The third-order valence-electron chi connectivity index (χ3n) is 3.44. The van der Waals surface area contributed by atoms with Crippen molar-refractivity contribution in [3.05, 3.63) is 31.8 Å². The first-order valence-electron chi connectivity index (χ1n) is 5.81. The topological polar surface area (TPSA) is 57.6 Å². The van der Waals surface area contributed by atoms with Crippen molar-refractivity contribution < 1.29 is 14.7 Å². The third-order valence-corrected chi connectivity index (χ3v) is 4.80. The second-order valence-corrected chi connectivity index (χ2v) is 7.07. The lowest BCUT2D eigenvalue weighted by molar-refractivity contribution is -0.147. The number of likely N-dealkylation sites (tertiary alicyclic amines) is 1. The van der Waals surface area contributed by atoms with Gasteiger partial charge in [0.1, 0.15) is 0 Å². The minimum atomic E-state index is -0.843. The maximum atomic E-state index is 12.4. The molecule has 1 aromatic rings. The standard InChI is InChI=1S/C13H13BrINO3/c1-13(12(18)19)4-5-16(7-13)11(17)9-6-8(15)2-3-10(9)14/h2-3,6H,4-5,7H2,1H3,(H,18,19). The van der Waals surface area contributed by atoms with Gasteiger partial charge >= 0.3 is 5.97 Å². The van der Waals surface area contributed by atoms with Crippen LogP contribution in [0.2, 0.25) is 0 Å². The van der Waals surface area contributed by atoms with Gasteiger partial charge < -0.3 is 10.0 Å². The molecule has 0 spiro atoms. The number of amides is 1. The highest BCUT2D eigenvalue weighted by Gasteiger charge is 2.42. The van der Waals surface area contributed by atoms with Crippen LogP contribution in [0.1, 0.15) is 23.7 Å². The van der Waals surface area contributed by atoms with E-state index in [0.717, 1.165) is 8.04 Å². The van der Waals surface area contributed by atoms with Gasteiger partial charge in [-0.25, -0.2) is 0 Å². The molecule has 6 heteroatoms.